The number of allylic oxidation sites excluding steroid dienone is 1. The summed E-state index contributed by atoms with van der Waals surface area (Å²) in [6.45, 7) is 41.3. The fourth-order valence-electron chi connectivity index (χ4n) is 19.6. The normalized spacial score (nSPS) is 25.0. The van der Waals surface area contributed by atoms with Crippen LogP contribution in [0.25, 0.3) is 0 Å². The largest absolute Gasteiger partial charge is 0.508 e. The van der Waals surface area contributed by atoms with Gasteiger partial charge in [0.15, 0.2) is 0 Å². The number of hydrogen-bond acceptors (Lipinski definition) is 20. The molecular formula is C97H140O20. The smallest absolute Gasteiger partial charge is 0.315 e. The number of esters is 4. The summed E-state index contributed by atoms with van der Waals surface area (Å²) in [5.74, 6) is 3.85. The lowest BCUT2D eigenvalue weighted by atomic mass is 9.63. The third kappa shape index (κ3) is 20.2. The molecule has 4 heterocycles. The van der Waals surface area contributed by atoms with E-state index in [0.29, 0.717) is 83.5 Å². The number of aromatic hydroxyl groups is 4. The first-order valence-electron chi connectivity index (χ1n) is 43.6. The molecule has 11 atom stereocenters. The zero-order valence-electron chi connectivity index (χ0n) is 74.2. The monoisotopic (exact) mass is 1620 g/mol. The van der Waals surface area contributed by atoms with Crippen LogP contribution in [0.5, 0.6) is 46.0 Å². The number of benzene rings is 4. The Labute approximate surface area is 696 Å². The highest BCUT2D eigenvalue weighted by Gasteiger charge is 2.54. The van der Waals surface area contributed by atoms with E-state index < -0.39 is 32.9 Å². The summed E-state index contributed by atoms with van der Waals surface area (Å²) in [6, 6.07) is 14.3. The Hall–Kier alpha value is -8.00. The Morgan fingerprint density at radius 2 is 0.684 bits per heavy atom. The van der Waals surface area contributed by atoms with Crippen LogP contribution in [0.2, 0.25) is 0 Å². The minimum absolute atomic E-state index is 0.0158. The Morgan fingerprint density at radius 3 is 0.957 bits per heavy atom. The molecule has 12 rings (SSSR count). The van der Waals surface area contributed by atoms with Crippen molar-refractivity contribution in [1.29, 1.82) is 0 Å². The SMILES string of the molecule is CCCCOC(=O)C(C)(C)c1cc(O)c2c(c1)OC(C)(C)[C@@H]1CCC(=COC)CC21.CCCCOC(=O)C(C)(C)c1cc(O)c2c(c1)OC(C)(C)[C@@H]1CCC(C=O)CC21.CCCCOC(=O)C(C)(C)c1cc(O)c2c(c1)OC(C)(C)[C@@H]1CC[C@@H](C=O)CC21.CCCCOC(=O)C(C)(C)c1cc(O)c2c(c1)OC(C)(C)[C@@H]1CC[C@@H](CO)CC21. The van der Waals surface area contributed by atoms with Crippen molar-refractivity contribution >= 4 is 36.4 Å². The molecule has 20 nitrogen and oxygen atoms in total. The molecule has 117 heavy (non-hydrogen) atoms. The first-order valence-corrected chi connectivity index (χ1v) is 43.6. The first-order chi connectivity index (χ1) is 55.0. The van der Waals surface area contributed by atoms with Gasteiger partial charge in [0.1, 0.15) is 81.0 Å². The van der Waals surface area contributed by atoms with Crippen LogP contribution in [0.15, 0.2) is 60.4 Å². The number of aldehydes is 2. The second-order valence-electron chi connectivity index (χ2n) is 38.8. The molecule has 4 aliphatic carbocycles. The van der Waals surface area contributed by atoms with E-state index in [-0.39, 0.29) is 118 Å². The summed E-state index contributed by atoms with van der Waals surface area (Å²) in [6.07, 6.45) is 21.7. The average Bonchev–Trinajstić information content (AvgIpc) is 0.751. The average molecular weight is 1630 g/mol. The molecule has 4 aromatic rings. The number of hydrogen-bond donors (Lipinski definition) is 5. The van der Waals surface area contributed by atoms with Gasteiger partial charge >= 0.3 is 23.9 Å². The molecule has 20 heteroatoms. The number of unbranched alkanes of at least 4 members (excludes halogenated alkanes) is 4. The highest BCUT2D eigenvalue weighted by Crippen LogP contribution is 2.61. The topological polar surface area (TPSA) is 287 Å². The molecule has 4 fully saturated rings. The van der Waals surface area contributed by atoms with Gasteiger partial charge in [0.25, 0.3) is 0 Å². The van der Waals surface area contributed by atoms with Crippen molar-refractivity contribution in [2.24, 2.45) is 41.4 Å². The minimum atomic E-state index is -0.900. The van der Waals surface area contributed by atoms with Crippen LogP contribution < -0.4 is 18.9 Å². The van der Waals surface area contributed by atoms with Crippen LogP contribution in [-0.2, 0) is 74.1 Å². The summed E-state index contributed by atoms with van der Waals surface area (Å²) in [5, 5.41) is 53.6. The van der Waals surface area contributed by atoms with Crippen molar-refractivity contribution in [2.75, 3.05) is 40.1 Å². The van der Waals surface area contributed by atoms with Crippen LogP contribution in [0.3, 0.4) is 0 Å². The van der Waals surface area contributed by atoms with Crippen LogP contribution in [-0.4, -0.2) is 125 Å². The van der Waals surface area contributed by atoms with Crippen LogP contribution >= 0.6 is 0 Å². The van der Waals surface area contributed by atoms with Gasteiger partial charge in [-0.15, -0.1) is 0 Å². The van der Waals surface area contributed by atoms with E-state index in [1.165, 1.54) is 5.57 Å². The maximum absolute atomic E-state index is 12.7. The third-order valence-corrected chi connectivity index (χ3v) is 27.3. The lowest BCUT2D eigenvalue weighted by Gasteiger charge is -2.49. The highest BCUT2D eigenvalue weighted by atomic mass is 16.6. The number of fused-ring (bicyclic) bond motifs is 12. The number of rotatable bonds is 24. The molecule has 0 bridgehead atoms. The molecule has 4 aromatic carbocycles. The second kappa shape index (κ2) is 37.7. The van der Waals surface area contributed by atoms with E-state index in [0.717, 1.165) is 163 Å². The van der Waals surface area contributed by atoms with Crippen molar-refractivity contribution in [3.63, 3.8) is 0 Å². The molecule has 8 aliphatic rings. The zero-order valence-corrected chi connectivity index (χ0v) is 74.2. The molecule has 5 N–H and O–H groups in total. The summed E-state index contributed by atoms with van der Waals surface area (Å²) in [7, 11) is 1.67. The van der Waals surface area contributed by atoms with Gasteiger partial charge in [0.2, 0.25) is 0 Å². The van der Waals surface area contributed by atoms with Gasteiger partial charge in [0.05, 0.1) is 61.5 Å². The molecule has 0 spiro atoms. The van der Waals surface area contributed by atoms with Crippen LogP contribution in [0.4, 0.5) is 0 Å². The van der Waals surface area contributed by atoms with Crippen molar-refractivity contribution in [3.05, 3.63) is 105 Å². The van der Waals surface area contributed by atoms with Crippen molar-refractivity contribution in [1.82, 2.24) is 0 Å². The van der Waals surface area contributed by atoms with Crippen LogP contribution in [0.1, 0.15) is 335 Å². The number of methoxy groups -OCH3 is 1. The predicted octanol–water partition coefficient (Wildman–Crippen LogP) is 20.0. The Kier molecular flexibility index (Phi) is 30.0. The molecule has 0 saturated heterocycles. The minimum Gasteiger partial charge on any atom is -0.508 e. The first kappa shape index (κ1) is 92.9. The van der Waals surface area contributed by atoms with Crippen molar-refractivity contribution < 1.29 is 96.9 Å². The van der Waals surface area contributed by atoms with E-state index >= 15 is 0 Å². The highest BCUT2D eigenvalue weighted by molar-refractivity contribution is 5.85. The number of phenolic OH excluding ortho intramolecular Hbond substituents is 4. The molecule has 4 aliphatic heterocycles. The Morgan fingerprint density at radius 1 is 0.410 bits per heavy atom. The second-order valence-corrected chi connectivity index (χ2v) is 38.8. The van der Waals surface area contributed by atoms with Crippen molar-refractivity contribution in [2.45, 2.75) is 335 Å². The number of carbonyl (C=O) groups excluding carboxylic acids is 6. The van der Waals surface area contributed by atoms with Gasteiger partial charge in [-0.25, -0.2) is 0 Å². The lowest BCUT2D eigenvalue weighted by Crippen LogP contribution is -2.47. The molecule has 5 unspecified atom stereocenters. The molecule has 0 radical (unpaired) electrons. The zero-order chi connectivity index (χ0) is 86.3. The van der Waals surface area contributed by atoms with Crippen LogP contribution in [0, 0.1) is 41.4 Å². The fraction of sp³-hybridized carbons (Fsp3) is 0.670. The lowest BCUT2D eigenvalue weighted by molar-refractivity contribution is -0.150. The van der Waals surface area contributed by atoms with Gasteiger partial charge in [-0.05, 0) is 314 Å². The van der Waals surface area contributed by atoms with Gasteiger partial charge in [-0.1, -0.05) is 53.4 Å². The quantitative estimate of drug-likeness (QED) is 0.0143. The maximum Gasteiger partial charge on any atom is 0.315 e. The number of ether oxygens (including phenoxy) is 9. The Balaban J connectivity index is 0.000000178. The van der Waals surface area contributed by atoms with E-state index in [9.17, 15) is 54.3 Å². The van der Waals surface area contributed by atoms with E-state index in [2.05, 4.69) is 69.2 Å². The molecule has 4 saturated carbocycles. The summed E-state index contributed by atoms with van der Waals surface area (Å²) in [4.78, 5) is 73.6. The van der Waals surface area contributed by atoms with Gasteiger partial charge < -0.3 is 77.8 Å². The standard InChI is InChI=1S/C25H36O5.C24H36O5.2C24H34O5/c1-7-8-11-29-23(27)24(2,3)17-13-20(26)22-18-12-16(15-28-6)9-10-19(18)25(4,5)30-21(22)14-17;3*1-6-7-10-28-22(27)23(2,3)16-12-19(26)21-17-11-15(14-25)8-9-18(17)24(4,5)29-20(21)13-16/h13-15,18-19,26H,7-12H2,1-6H3;12-13,15,17-18,25-26H,6-11,14H2,1-5H3;2*12-15,17-18,26H,6-11H2,1-5H3/t18?,19-;15-,17?,18-;15?,17?,18-;15-,17?,18-/m1111/s1. The molecule has 0 aromatic heterocycles. The fourth-order valence-corrected chi connectivity index (χ4v) is 19.6. The van der Waals surface area contributed by atoms with Gasteiger partial charge in [0, 0.05) is 70.3 Å². The van der Waals surface area contributed by atoms with Gasteiger partial charge in [-0.3, -0.25) is 19.2 Å². The third-order valence-electron chi connectivity index (χ3n) is 27.3. The maximum atomic E-state index is 12.7. The summed E-state index contributed by atoms with van der Waals surface area (Å²) >= 11 is 0. The number of phenols is 4. The number of aliphatic hydroxyl groups is 1. The van der Waals surface area contributed by atoms with Gasteiger partial charge in [-0.2, -0.15) is 0 Å². The van der Waals surface area contributed by atoms with E-state index in [4.69, 9.17) is 42.6 Å². The summed E-state index contributed by atoms with van der Waals surface area (Å²) < 4.78 is 52.6. The Bertz CT molecular complexity index is 4060. The molecule has 0 amide bonds. The molecule has 648 valence electrons. The van der Waals surface area contributed by atoms with E-state index in [1.807, 2.05) is 99.8 Å². The summed E-state index contributed by atoms with van der Waals surface area (Å²) in [5.41, 5.74) is 2.15. The number of carbonyl (C=O) groups is 6. The van der Waals surface area contributed by atoms with E-state index in [1.54, 1.807) is 31.4 Å². The number of aliphatic hydroxyl groups excluding tert-OH is 1. The van der Waals surface area contributed by atoms with Crippen molar-refractivity contribution in [3.8, 4) is 46.0 Å². The predicted molar refractivity (Wildman–Crippen MR) is 452 cm³/mol. The molecular weight excluding hydrogens is 1490 g/mol.